The summed E-state index contributed by atoms with van der Waals surface area (Å²) >= 11 is 0. The molecule has 0 N–H and O–H groups in total. The van der Waals surface area contributed by atoms with Crippen LogP contribution in [0.15, 0.2) is 29.4 Å². The highest BCUT2D eigenvalue weighted by Gasteiger charge is 2.33. The van der Waals surface area contributed by atoms with Crippen molar-refractivity contribution in [3.63, 3.8) is 0 Å². The molecule has 0 spiro atoms. The molecule has 110 valence electrons. The molecule has 5 nitrogen and oxygen atoms in total. The van der Waals surface area contributed by atoms with E-state index in [1.54, 1.807) is 29.4 Å². The van der Waals surface area contributed by atoms with Gasteiger partial charge < -0.3 is 9.64 Å². The minimum atomic E-state index is -1.11. The van der Waals surface area contributed by atoms with E-state index in [1.807, 2.05) is 20.8 Å². The number of hydrogen-bond donors (Lipinski definition) is 0. The summed E-state index contributed by atoms with van der Waals surface area (Å²) in [6.45, 7) is 6.59. The molecule has 2 heterocycles. The van der Waals surface area contributed by atoms with E-state index in [0.717, 1.165) is 11.3 Å². The van der Waals surface area contributed by atoms with Crippen LogP contribution in [0.3, 0.4) is 0 Å². The van der Waals surface area contributed by atoms with Crippen molar-refractivity contribution in [2.75, 3.05) is 13.1 Å². The maximum absolute atomic E-state index is 12.4. The topological polar surface area (TPSA) is 59.5 Å². The van der Waals surface area contributed by atoms with Gasteiger partial charge in [0.15, 0.2) is 0 Å². The van der Waals surface area contributed by atoms with Crippen LogP contribution in [0.5, 0.6) is 0 Å². The SMILES string of the molecule is CC(C)(C)OC(=O)N1CC[C@@H]([S@](=O)c2ccncc2)C1. The minimum Gasteiger partial charge on any atom is -0.444 e. The van der Waals surface area contributed by atoms with E-state index < -0.39 is 16.4 Å². The second-order valence-corrected chi connectivity index (χ2v) is 7.55. The molecule has 20 heavy (non-hydrogen) atoms. The molecule has 0 bridgehead atoms. The summed E-state index contributed by atoms with van der Waals surface area (Å²) in [5.74, 6) is 0. The molecule has 6 heteroatoms. The molecule has 0 saturated carbocycles. The van der Waals surface area contributed by atoms with Gasteiger partial charge in [-0.15, -0.1) is 0 Å². The third-order valence-electron chi connectivity index (χ3n) is 2.98. The van der Waals surface area contributed by atoms with E-state index in [2.05, 4.69) is 4.98 Å². The van der Waals surface area contributed by atoms with Crippen molar-refractivity contribution in [3.05, 3.63) is 24.5 Å². The Morgan fingerprint density at radius 1 is 1.40 bits per heavy atom. The Morgan fingerprint density at radius 2 is 2.05 bits per heavy atom. The molecule has 0 aromatic carbocycles. The van der Waals surface area contributed by atoms with Crippen molar-refractivity contribution < 1.29 is 13.7 Å². The lowest BCUT2D eigenvalue weighted by molar-refractivity contribution is 0.0295. The smallest absolute Gasteiger partial charge is 0.410 e. The van der Waals surface area contributed by atoms with Gasteiger partial charge in [-0.1, -0.05) is 0 Å². The molecular weight excluding hydrogens is 276 g/mol. The monoisotopic (exact) mass is 296 g/mol. The molecule has 2 rings (SSSR count). The first-order valence-corrected chi connectivity index (χ1v) is 7.86. The van der Waals surface area contributed by atoms with Crippen molar-refractivity contribution in [2.45, 2.75) is 42.9 Å². The van der Waals surface area contributed by atoms with Gasteiger partial charge in [0.1, 0.15) is 5.60 Å². The lowest BCUT2D eigenvalue weighted by Crippen LogP contribution is -2.36. The number of hydrogen-bond acceptors (Lipinski definition) is 4. The predicted molar refractivity (Wildman–Crippen MR) is 76.9 cm³/mol. The Labute approximate surface area is 121 Å². The van der Waals surface area contributed by atoms with Crippen LogP contribution in [0.2, 0.25) is 0 Å². The average molecular weight is 296 g/mol. The molecule has 1 aromatic rings. The van der Waals surface area contributed by atoms with E-state index in [0.29, 0.717) is 13.1 Å². The van der Waals surface area contributed by atoms with E-state index in [-0.39, 0.29) is 11.3 Å². The number of amides is 1. The maximum Gasteiger partial charge on any atom is 0.410 e. The molecule has 1 aliphatic heterocycles. The summed E-state index contributed by atoms with van der Waals surface area (Å²) in [5.41, 5.74) is -0.501. The van der Waals surface area contributed by atoms with Crippen LogP contribution in [-0.2, 0) is 15.5 Å². The molecule has 1 aliphatic rings. The molecule has 0 unspecified atom stereocenters. The lowest BCUT2D eigenvalue weighted by atomic mass is 10.2. The van der Waals surface area contributed by atoms with Crippen molar-refractivity contribution >= 4 is 16.9 Å². The van der Waals surface area contributed by atoms with Gasteiger partial charge in [-0.2, -0.15) is 0 Å². The fourth-order valence-corrected chi connectivity index (χ4v) is 3.47. The highest BCUT2D eigenvalue weighted by molar-refractivity contribution is 7.85. The molecule has 0 radical (unpaired) electrons. The first-order valence-electron chi connectivity index (χ1n) is 6.65. The van der Waals surface area contributed by atoms with Crippen LogP contribution in [0, 0.1) is 0 Å². The number of nitrogens with zero attached hydrogens (tertiary/aromatic N) is 2. The van der Waals surface area contributed by atoms with Gasteiger partial charge in [-0.05, 0) is 39.3 Å². The zero-order valence-electron chi connectivity index (χ0n) is 12.0. The summed E-state index contributed by atoms with van der Waals surface area (Å²) in [6.07, 6.45) is 3.67. The molecule has 2 atom stereocenters. The summed E-state index contributed by atoms with van der Waals surface area (Å²) in [6, 6.07) is 3.51. The molecule has 1 amide bonds. The summed E-state index contributed by atoms with van der Waals surface area (Å²) in [7, 11) is -1.11. The van der Waals surface area contributed by atoms with E-state index in [9.17, 15) is 9.00 Å². The second kappa shape index (κ2) is 5.91. The molecule has 0 aliphatic carbocycles. The summed E-state index contributed by atoms with van der Waals surface area (Å²) < 4.78 is 17.7. The van der Waals surface area contributed by atoms with Gasteiger partial charge >= 0.3 is 6.09 Å². The molecule has 1 aromatic heterocycles. The normalized spacial score (nSPS) is 20.8. The predicted octanol–water partition coefficient (Wildman–Crippen LogP) is 2.20. The number of carbonyl (C=O) groups excluding carboxylic acids is 1. The number of ether oxygens (including phenoxy) is 1. The third-order valence-corrected chi connectivity index (χ3v) is 4.71. The summed E-state index contributed by atoms with van der Waals surface area (Å²) in [5, 5.41) is -0.0371. The highest BCUT2D eigenvalue weighted by Crippen LogP contribution is 2.21. The number of aromatic nitrogens is 1. The van der Waals surface area contributed by atoms with Crippen LogP contribution in [0.1, 0.15) is 27.2 Å². The van der Waals surface area contributed by atoms with Crippen LogP contribution < -0.4 is 0 Å². The number of carbonyl (C=O) groups is 1. The highest BCUT2D eigenvalue weighted by atomic mass is 32.2. The third kappa shape index (κ3) is 3.79. The van der Waals surface area contributed by atoms with Crippen molar-refractivity contribution in [1.29, 1.82) is 0 Å². The van der Waals surface area contributed by atoms with Crippen LogP contribution in [0.4, 0.5) is 4.79 Å². The Morgan fingerprint density at radius 3 is 2.65 bits per heavy atom. The number of rotatable bonds is 2. The fourth-order valence-electron chi connectivity index (χ4n) is 2.06. The first-order chi connectivity index (χ1) is 9.37. The Bertz CT molecular complexity index is 499. The molecule has 1 saturated heterocycles. The Kier molecular flexibility index (Phi) is 4.42. The van der Waals surface area contributed by atoms with E-state index in [1.165, 1.54) is 0 Å². The quantitative estimate of drug-likeness (QED) is 0.839. The van der Waals surface area contributed by atoms with Gasteiger partial charge in [-0.3, -0.25) is 9.19 Å². The van der Waals surface area contributed by atoms with Crippen molar-refractivity contribution in [2.24, 2.45) is 0 Å². The van der Waals surface area contributed by atoms with Gasteiger partial charge in [0.05, 0.1) is 16.0 Å². The zero-order chi connectivity index (χ0) is 14.8. The van der Waals surface area contributed by atoms with E-state index >= 15 is 0 Å². The van der Waals surface area contributed by atoms with Crippen LogP contribution >= 0.6 is 0 Å². The largest absolute Gasteiger partial charge is 0.444 e. The Balaban J connectivity index is 1.96. The van der Waals surface area contributed by atoms with Crippen molar-refractivity contribution in [3.8, 4) is 0 Å². The first kappa shape index (κ1) is 15.0. The fraction of sp³-hybridized carbons (Fsp3) is 0.571. The number of pyridine rings is 1. The minimum absolute atomic E-state index is 0.0371. The number of likely N-dealkylation sites (tertiary alicyclic amines) is 1. The zero-order valence-corrected chi connectivity index (χ0v) is 12.9. The van der Waals surface area contributed by atoms with E-state index in [4.69, 9.17) is 4.74 Å². The van der Waals surface area contributed by atoms with Crippen LogP contribution in [0.25, 0.3) is 0 Å². The van der Waals surface area contributed by atoms with Gasteiger partial charge in [-0.25, -0.2) is 4.79 Å². The van der Waals surface area contributed by atoms with Gasteiger partial charge in [0, 0.05) is 30.4 Å². The lowest BCUT2D eigenvalue weighted by Gasteiger charge is -2.24. The molecule has 1 fully saturated rings. The second-order valence-electron chi connectivity index (χ2n) is 5.82. The summed E-state index contributed by atoms with van der Waals surface area (Å²) in [4.78, 5) is 18.3. The van der Waals surface area contributed by atoms with Crippen molar-refractivity contribution in [1.82, 2.24) is 9.88 Å². The Hall–Kier alpha value is -1.43. The van der Waals surface area contributed by atoms with Gasteiger partial charge in [0.2, 0.25) is 0 Å². The maximum atomic E-state index is 12.4. The average Bonchev–Trinajstić information content (AvgIpc) is 2.86. The van der Waals surface area contributed by atoms with Crippen LogP contribution in [-0.4, -0.2) is 44.1 Å². The van der Waals surface area contributed by atoms with Gasteiger partial charge in [0.25, 0.3) is 0 Å². The standard InChI is InChI=1S/C14H20N2O3S/c1-14(2,3)19-13(17)16-9-6-12(10-16)20(18)11-4-7-15-8-5-11/h4-5,7-8,12H,6,9-10H2,1-3H3/t12-,20-/m1/s1. The molecular formula is C14H20N2O3S.